The lowest BCUT2D eigenvalue weighted by Gasteiger charge is -2.41. The Morgan fingerprint density at radius 3 is 2.57 bits per heavy atom. The summed E-state index contributed by atoms with van der Waals surface area (Å²) in [5, 5.41) is 6.57. The summed E-state index contributed by atoms with van der Waals surface area (Å²) in [5.74, 6) is 0.572. The maximum atomic E-state index is 12.7. The highest BCUT2D eigenvalue weighted by atomic mass is 16.5. The number of nitrogens with zero attached hydrogens (tertiary/aromatic N) is 1. The van der Waals surface area contributed by atoms with Gasteiger partial charge in [-0.1, -0.05) is 13.8 Å². The summed E-state index contributed by atoms with van der Waals surface area (Å²) in [6.45, 7) is 14.6. The number of rotatable bonds is 5. The van der Waals surface area contributed by atoms with Gasteiger partial charge in [-0.15, -0.1) is 0 Å². The molecule has 1 amide bonds. The first-order valence-corrected chi connectivity index (χ1v) is 8.20. The standard InChI is InChI=1S/C16H31N3O2/c1-13(2)16(5-6-17-12-16)14(20)18-11-15(3,4)19-7-9-21-10-8-19/h13,17H,5-12H2,1-4H3,(H,18,20). The van der Waals surface area contributed by atoms with Gasteiger partial charge in [0.1, 0.15) is 0 Å². The molecule has 2 saturated heterocycles. The van der Waals surface area contributed by atoms with Crippen molar-refractivity contribution < 1.29 is 9.53 Å². The van der Waals surface area contributed by atoms with Crippen LogP contribution in [0.15, 0.2) is 0 Å². The molecule has 1 unspecified atom stereocenters. The van der Waals surface area contributed by atoms with Gasteiger partial charge in [0, 0.05) is 31.7 Å². The van der Waals surface area contributed by atoms with E-state index in [9.17, 15) is 4.79 Å². The second-order valence-electron chi connectivity index (χ2n) is 7.33. The van der Waals surface area contributed by atoms with Gasteiger partial charge < -0.3 is 15.4 Å². The van der Waals surface area contributed by atoms with Crippen LogP contribution in [0.2, 0.25) is 0 Å². The van der Waals surface area contributed by atoms with E-state index in [0.29, 0.717) is 12.5 Å². The maximum absolute atomic E-state index is 12.7. The summed E-state index contributed by atoms with van der Waals surface area (Å²) >= 11 is 0. The first kappa shape index (κ1) is 16.7. The molecule has 2 fully saturated rings. The highest BCUT2D eigenvalue weighted by Gasteiger charge is 2.44. The molecule has 2 aliphatic heterocycles. The summed E-state index contributed by atoms with van der Waals surface area (Å²) < 4.78 is 5.41. The number of hydrogen-bond donors (Lipinski definition) is 2. The monoisotopic (exact) mass is 297 g/mol. The van der Waals surface area contributed by atoms with Crippen molar-refractivity contribution in [1.29, 1.82) is 0 Å². The number of morpholine rings is 1. The van der Waals surface area contributed by atoms with Crippen LogP contribution in [0.4, 0.5) is 0 Å². The minimum absolute atomic E-state index is 0.0242. The van der Waals surface area contributed by atoms with Gasteiger partial charge in [0.15, 0.2) is 0 Å². The van der Waals surface area contributed by atoms with Crippen molar-refractivity contribution in [1.82, 2.24) is 15.5 Å². The van der Waals surface area contributed by atoms with Crippen LogP contribution in [-0.2, 0) is 9.53 Å². The average Bonchev–Trinajstić information content (AvgIpc) is 2.97. The van der Waals surface area contributed by atoms with Crippen LogP contribution in [-0.4, -0.2) is 62.3 Å². The van der Waals surface area contributed by atoms with Crippen LogP contribution < -0.4 is 10.6 Å². The number of carbonyl (C=O) groups excluding carboxylic acids is 1. The zero-order chi connectivity index (χ0) is 15.5. The smallest absolute Gasteiger partial charge is 0.227 e. The van der Waals surface area contributed by atoms with Gasteiger partial charge in [-0.25, -0.2) is 0 Å². The maximum Gasteiger partial charge on any atom is 0.227 e. The Morgan fingerprint density at radius 2 is 2.05 bits per heavy atom. The molecule has 0 aromatic heterocycles. The van der Waals surface area contributed by atoms with Crippen molar-refractivity contribution in [2.45, 2.75) is 39.7 Å². The molecule has 2 rings (SSSR count). The van der Waals surface area contributed by atoms with Crippen LogP contribution in [0.3, 0.4) is 0 Å². The molecule has 0 spiro atoms. The lowest BCUT2D eigenvalue weighted by molar-refractivity contribution is -0.133. The SMILES string of the molecule is CC(C)C1(C(=O)NCC(C)(C)N2CCOCC2)CCNC1. The second kappa shape index (κ2) is 6.63. The predicted molar refractivity (Wildman–Crippen MR) is 84.2 cm³/mol. The van der Waals surface area contributed by atoms with Crippen molar-refractivity contribution in [3.63, 3.8) is 0 Å². The van der Waals surface area contributed by atoms with E-state index in [0.717, 1.165) is 45.8 Å². The fourth-order valence-electron chi connectivity index (χ4n) is 3.41. The van der Waals surface area contributed by atoms with Crippen molar-refractivity contribution >= 4 is 5.91 Å². The summed E-state index contributed by atoms with van der Waals surface area (Å²) in [4.78, 5) is 15.2. The number of hydrogen-bond acceptors (Lipinski definition) is 4. The molecular formula is C16H31N3O2. The predicted octanol–water partition coefficient (Wildman–Crippen LogP) is 0.849. The Bertz CT molecular complexity index is 357. The first-order valence-electron chi connectivity index (χ1n) is 8.20. The Balaban J connectivity index is 1.93. The molecule has 122 valence electrons. The molecule has 21 heavy (non-hydrogen) atoms. The van der Waals surface area contributed by atoms with Crippen molar-refractivity contribution in [2.24, 2.45) is 11.3 Å². The fraction of sp³-hybridized carbons (Fsp3) is 0.938. The van der Waals surface area contributed by atoms with Crippen LogP contribution in [0, 0.1) is 11.3 Å². The Hall–Kier alpha value is -0.650. The van der Waals surface area contributed by atoms with Crippen LogP contribution in [0.25, 0.3) is 0 Å². The summed E-state index contributed by atoms with van der Waals surface area (Å²) in [6.07, 6.45) is 0.939. The molecule has 0 aliphatic carbocycles. The number of ether oxygens (including phenoxy) is 1. The van der Waals surface area contributed by atoms with Crippen molar-refractivity contribution in [3.05, 3.63) is 0 Å². The third-order valence-electron chi connectivity index (χ3n) is 5.29. The quantitative estimate of drug-likeness (QED) is 0.790. The van der Waals surface area contributed by atoms with E-state index >= 15 is 0 Å². The van der Waals surface area contributed by atoms with Gasteiger partial charge in [0.2, 0.25) is 5.91 Å². The molecule has 2 heterocycles. The number of carbonyl (C=O) groups is 1. The third-order valence-corrected chi connectivity index (χ3v) is 5.29. The summed E-state index contributed by atoms with van der Waals surface area (Å²) in [6, 6.07) is 0. The molecule has 0 radical (unpaired) electrons. The minimum atomic E-state index is -0.235. The van der Waals surface area contributed by atoms with E-state index in [-0.39, 0.29) is 16.9 Å². The molecule has 0 aromatic rings. The number of nitrogens with one attached hydrogen (secondary N) is 2. The highest BCUT2D eigenvalue weighted by Crippen LogP contribution is 2.34. The van der Waals surface area contributed by atoms with Crippen LogP contribution in [0.5, 0.6) is 0 Å². The van der Waals surface area contributed by atoms with E-state index in [2.05, 4.69) is 43.2 Å². The molecule has 0 saturated carbocycles. The molecule has 2 N–H and O–H groups in total. The molecule has 1 atom stereocenters. The fourth-order valence-corrected chi connectivity index (χ4v) is 3.41. The first-order chi connectivity index (χ1) is 9.88. The lowest BCUT2D eigenvalue weighted by atomic mass is 9.75. The van der Waals surface area contributed by atoms with E-state index in [1.54, 1.807) is 0 Å². The number of amides is 1. The molecule has 5 heteroatoms. The van der Waals surface area contributed by atoms with Crippen molar-refractivity contribution in [3.8, 4) is 0 Å². The Morgan fingerprint density at radius 1 is 1.38 bits per heavy atom. The Kier molecular flexibility index (Phi) is 5.28. The summed E-state index contributed by atoms with van der Waals surface area (Å²) in [7, 11) is 0. The minimum Gasteiger partial charge on any atom is -0.379 e. The molecule has 0 bridgehead atoms. The highest BCUT2D eigenvalue weighted by molar-refractivity contribution is 5.83. The normalized spacial score (nSPS) is 28.0. The molecule has 5 nitrogen and oxygen atoms in total. The largest absolute Gasteiger partial charge is 0.379 e. The third kappa shape index (κ3) is 3.58. The van der Waals surface area contributed by atoms with Gasteiger partial charge >= 0.3 is 0 Å². The topological polar surface area (TPSA) is 53.6 Å². The van der Waals surface area contributed by atoms with Gasteiger partial charge in [0.05, 0.1) is 18.6 Å². The zero-order valence-electron chi connectivity index (χ0n) is 14.0. The lowest BCUT2D eigenvalue weighted by Crippen LogP contribution is -2.57. The van der Waals surface area contributed by atoms with Crippen molar-refractivity contribution in [2.75, 3.05) is 45.9 Å². The summed E-state index contributed by atoms with van der Waals surface area (Å²) in [5.41, 5.74) is -0.259. The van der Waals surface area contributed by atoms with E-state index < -0.39 is 0 Å². The molecule has 0 aromatic carbocycles. The average molecular weight is 297 g/mol. The zero-order valence-corrected chi connectivity index (χ0v) is 14.0. The van der Waals surface area contributed by atoms with Gasteiger partial charge in [-0.3, -0.25) is 9.69 Å². The molecular weight excluding hydrogens is 266 g/mol. The van der Waals surface area contributed by atoms with E-state index in [4.69, 9.17) is 4.74 Å². The Labute approximate surface area is 128 Å². The van der Waals surface area contributed by atoms with Crippen LogP contribution >= 0.6 is 0 Å². The van der Waals surface area contributed by atoms with Crippen LogP contribution in [0.1, 0.15) is 34.1 Å². The van der Waals surface area contributed by atoms with E-state index in [1.165, 1.54) is 0 Å². The van der Waals surface area contributed by atoms with Gasteiger partial charge in [-0.05, 0) is 32.7 Å². The second-order valence-corrected chi connectivity index (χ2v) is 7.33. The molecule has 2 aliphatic rings. The van der Waals surface area contributed by atoms with Gasteiger partial charge in [-0.2, -0.15) is 0 Å². The van der Waals surface area contributed by atoms with E-state index in [1.807, 2.05) is 0 Å². The van der Waals surface area contributed by atoms with Gasteiger partial charge in [0.25, 0.3) is 0 Å².